The second kappa shape index (κ2) is 5.08. The standard InChI is InChI=1S/C15H21N3S/c1-9-6-11(7-9)17-15-12(14(16)19)8-10-4-2-3-5-13(10)18-15/h8-9,11H,2-7H2,1H3,(H2,16,19)(H,17,18). The molecule has 3 N–H and O–H groups in total. The summed E-state index contributed by atoms with van der Waals surface area (Å²) in [7, 11) is 0. The summed E-state index contributed by atoms with van der Waals surface area (Å²) in [6.07, 6.45) is 7.12. The minimum atomic E-state index is 0.454. The van der Waals surface area contributed by atoms with Crippen LogP contribution in [0.15, 0.2) is 6.07 Å². The fourth-order valence-corrected chi connectivity index (χ4v) is 3.30. The van der Waals surface area contributed by atoms with Crippen molar-refractivity contribution < 1.29 is 0 Å². The molecule has 3 nitrogen and oxygen atoms in total. The highest BCUT2D eigenvalue weighted by Gasteiger charge is 2.27. The molecular weight excluding hydrogens is 254 g/mol. The number of rotatable bonds is 3. The molecule has 3 rings (SSSR count). The molecule has 19 heavy (non-hydrogen) atoms. The van der Waals surface area contributed by atoms with Crippen molar-refractivity contribution in [2.24, 2.45) is 11.7 Å². The number of nitrogens with two attached hydrogens (primary N) is 1. The van der Waals surface area contributed by atoms with Gasteiger partial charge in [0, 0.05) is 11.7 Å². The molecule has 1 heterocycles. The topological polar surface area (TPSA) is 50.9 Å². The van der Waals surface area contributed by atoms with Gasteiger partial charge in [0.05, 0.1) is 5.56 Å². The maximum Gasteiger partial charge on any atom is 0.136 e. The number of anilines is 1. The van der Waals surface area contributed by atoms with E-state index in [1.807, 2.05) is 0 Å². The molecule has 0 radical (unpaired) electrons. The number of nitrogens with one attached hydrogen (secondary N) is 1. The molecule has 0 spiro atoms. The van der Waals surface area contributed by atoms with Crippen LogP contribution in [0, 0.1) is 5.92 Å². The predicted molar refractivity (Wildman–Crippen MR) is 82.6 cm³/mol. The minimum Gasteiger partial charge on any atom is -0.389 e. The molecule has 0 aromatic carbocycles. The molecule has 0 bridgehead atoms. The molecule has 2 aliphatic rings. The number of aromatic nitrogens is 1. The van der Waals surface area contributed by atoms with Crippen molar-refractivity contribution in [1.29, 1.82) is 0 Å². The van der Waals surface area contributed by atoms with Crippen LogP contribution in [-0.4, -0.2) is 16.0 Å². The Hall–Kier alpha value is -1.16. The van der Waals surface area contributed by atoms with E-state index in [1.54, 1.807) is 0 Å². The molecule has 0 atom stereocenters. The fourth-order valence-electron chi connectivity index (χ4n) is 3.15. The summed E-state index contributed by atoms with van der Waals surface area (Å²) in [6.45, 7) is 2.28. The number of nitrogens with zero attached hydrogens (tertiary/aromatic N) is 1. The van der Waals surface area contributed by atoms with Crippen molar-refractivity contribution in [1.82, 2.24) is 4.98 Å². The third kappa shape index (κ3) is 2.59. The molecule has 0 amide bonds. The summed E-state index contributed by atoms with van der Waals surface area (Å²) < 4.78 is 0. The van der Waals surface area contributed by atoms with E-state index in [0.717, 1.165) is 30.1 Å². The van der Waals surface area contributed by atoms with Gasteiger partial charge in [0.25, 0.3) is 0 Å². The molecule has 2 aliphatic carbocycles. The highest BCUT2D eigenvalue weighted by Crippen LogP contribution is 2.31. The lowest BCUT2D eigenvalue weighted by molar-refractivity contribution is 0.308. The van der Waals surface area contributed by atoms with E-state index in [2.05, 4.69) is 18.3 Å². The van der Waals surface area contributed by atoms with E-state index >= 15 is 0 Å². The third-order valence-corrected chi connectivity index (χ3v) is 4.50. The first kappa shape index (κ1) is 12.9. The summed E-state index contributed by atoms with van der Waals surface area (Å²) in [4.78, 5) is 5.26. The summed E-state index contributed by atoms with van der Waals surface area (Å²) in [5.41, 5.74) is 9.36. The molecule has 1 aromatic heterocycles. The van der Waals surface area contributed by atoms with Crippen molar-refractivity contribution in [3.05, 3.63) is 22.9 Å². The molecule has 0 unspecified atom stereocenters. The molecular formula is C15H21N3S. The molecule has 102 valence electrons. The summed E-state index contributed by atoms with van der Waals surface area (Å²) in [5.74, 6) is 1.73. The zero-order chi connectivity index (χ0) is 13.4. The van der Waals surface area contributed by atoms with Crippen LogP contribution in [0.2, 0.25) is 0 Å². The fraction of sp³-hybridized carbons (Fsp3) is 0.600. The lowest BCUT2D eigenvalue weighted by Crippen LogP contribution is -2.35. The highest BCUT2D eigenvalue weighted by atomic mass is 32.1. The lowest BCUT2D eigenvalue weighted by Gasteiger charge is -2.34. The van der Waals surface area contributed by atoms with Crippen LogP contribution >= 0.6 is 12.2 Å². The van der Waals surface area contributed by atoms with Gasteiger partial charge in [0.15, 0.2) is 0 Å². The number of fused-ring (bicyclic) bond motifs is 1. The van der Waals surface area contributed by atoms with Crippen LogP contribution in [-0.2, 0) is 12.8 Å². The van der Waals surface area contributed by atoms with Crippen LogP contribution in [0.25, 0.3) is 0 Å². The van der Waals surface area contributed by atoms with E-state index in [-0.39, 0.29) is 0 Å². The number of pyridine rings is 1. The number of hydrogen-bond donors (Lipinski definition) is 2. The summed E-state index contributed by atoms with van der Waals surface area (Å²) in [5, 5.41) is 3.53. The molecule has 1 aromatic rings. The van der Waals surface area contributed by atoms with Gasteiger partial charge in [-0.3, -0.25) is 0 Å². The molecule has 4 heteroatoms. The normalized spacial score (nSPS) is 25.3. The van der Waals surface area contributed by atoms with Gasteiger partial charge in [-0.05, 0) is 56.1 Å². The quantitative estimate of drug-likeness (QED) is 0.833. The Morgan fingerprint density at radius 2 is 2.11 bits per heavy atom. The van der Waals surface area contributed by atoms with Crippen molar-refractivity contribution in [3.8, 4) is 0 Å². The first-order valence-corrected chi connectivity index (χ1v) is 7.63. The van der Waals surface area contributed by atoms with E-state index in [0.29, 0.717) is 11.0 Å². The van der Waals surface area contributed by atoms with Gasteiger partial charge in [-0.2, -0.15) is 0 Å². The van der Waals surface area contributed by atoms with Crippen LogP contribution in [0.4, 0.5) is 5.82 Å². The van der Waals surface area contributed by atoms with Crippen molar-refractivity contribution in [2.75, 3.05) is 5.32 Å². The van der Waals surface area contributed by atoms with Crippen LogP contribution in [0.5, 0.6) is 0 Å². The zero-order valence-corrected chi connectivity index (χ0v) is 12.2. The lowest BCUT2D eigenvalue weighted by atomic mass is 9.82. The van der Waals surface area contributed by atoms with E-state index in [1.165, 1.54) is 36.9 Å². The van der Waals surface area contributed by atoms with E-state index < -0.39 is 0 Å². The van der Waals surface area contributed by atoms with Gasteiger partial charge >= 0.3 is 0 Å². The van der Waals surface area contributed by atoms with Gasteiger partial charge in [-0.15, -0.1) is 0 Å². The Kier molecular flexibility index (Phi) is 3.44. The Morgan fingerprint density at radius 3 is 2.79 bits per heavy atom. The van der Waals surface area contributed by atoms with Gasteiger partial charge in [0.2, 0.25) is 0 Å². The van der Waals surface area contributed by atoms with Crippen LogP contribution < -0.4 is 11.1 Å². The SMILES string of the molecule is CC1CC(Nc2nc3c(cc2C(N)=S)CCCC3)C1. The average Bonchev–Trinajstić information content (AvgIpc) is 2.36. The van der Waals surface area contributed by atoms with E-state index in [4.69, 9.17) is 22.9 Å². The smallest absolute Gasteiger partial charge is 0.136 e. The Morgan fingerprint density at radius 1 is 1.37 bits per heavy atom. The second-order valence-corrected chi connectivity index (χ2v) is 6.42. The van der Waals surface area contributed by atoms with Gasteiger partial charge in [0.1, 0.15) is 10.8 Å². The monoisotopic (exact) mass is 275 g/mol. The Bertz CT molecular complexity index is 506. The number of thiocarbonyl (C=S) groups is 1. The maximum atomic E-state index is 5.86. The van der Waals surface area contributed by atoms with Crippen molar-refractivity contribution in [2.45, 2.75) is 51.5 Å². The average molecular weight is 275 g/mol. The molecule has 0 saturated heterocycles. The third-order valence-electron chi connectivity index (χ3n) is 4.28. The Balaban J connectivity index is 1.89. The predicted octanol–water partition coefficient (Wildman–Crippen LogP) is 2.81. The zero-order valence-electron chi connectivity index (χ0n) is 11.4. The first-order chi connectivity index (χ1) is 9.13. The van der Waals surface area contributed by atoms with Gasteiger partial charge in [-0.25, -0.2) is 4.98 Å². The minimum absolute atomic E-state index is 0.454. The number of hydrogen-bond acceptors (Lipinski definition) is 3. The molecule has 0 aliphatic heterocycles. The van der Waals surface area contributed by atoms with Gasteiger partial charge < -0.3 is 11.1 Å². The maximum absolute atomic E-state index is 5.86. The summed E-state index contributed by atoms with van der Waals surface area (Å²) >= 11 is 5.18. The van der Waals surface area contributed by atoms with Crippen LogP contribution in [0.3, 0.4) is 0 Å². The Labute approximate surface area is 120 Å². The first-order valence-electron chi connectivity index (χ1n) is 7.22. The molecule has 1 saturated carbocycles. The second-order valence-electron chi connectivity index (χ2n) is 5.98. The largest absolute Gasteiger partial charge is 0.389 e. The molecule has 1 fully saturated rings. The van der Waals surface area contributed by atoms with Crippen molar-refractivity contribution >= 4 is 23.0 Å². The van der Waals surface area contributed by atoms with Crippen LogP contribution in [0.1, 0.15) is 49.4 Å². The van der Waals surface area contributed by atoms with Crippen molar-refractivity contribution in [3.63, 3.8) is 0 Å². The highest BCUT2D eigenvalue weighted by molar-refractivity contribution is 7.80. The van der Waals surface area contributed by atoms with E-state index in [9.17, 15) is 0 Å². The summed E-state index contributed by atoms with van der Waals surface area (Å²) in [6, 6.07) is 2.70. The number of aryl methyl sites for hydroxylation is 2. The van der Waals surface area contributed by atoms with Gasteiger partial charge in [-0.1, -0.05) is 19.1 Å².